The zero-order valence-electron chi connectivity index (χ0n) is 11.7. The van der Waals surface area contributed by atoms with Crippen LogP contribution in [-0.4, -0.2) is 25.6 Å². The average molecular weight is 279 g/mol. The zero-order valence-corrected chi connectivity index (χ0v) is 11.7. The van der Waals surface area contributed by atoms with E-state index in [2.05, 4.69) is 38.6 Å². The van der Waals surface area contributed by atoms with Gasteiger partial charge in [-0.15, -0.1) is 0 Å². The van der Waals surface area contributed by atoms with Gasteiger partial charge >= 0.3 is 0 Å². The SMILES string of the molecule is c1ccc(-c2cc(NC3CCCC3)n3ncnc3n2)cc1. The number of rotatable bonds is 3. The molecular weight excluding hydrogens is 262 g/mol. The Hall–Kier alpha value is -2.43. The highest BCUT2D eigenvalue weighted by Crippen LogP contribution is 2.25. The summed E-state index contributed by atoms with van der Waals surface area (Å²) in [5.41, 5.74) is 2.02. The van der Waals surface area contributed by atoms with Crippen molar-refractivity contribution in [2.24, 2.45) is 0 Å². The van der Waals surface area contributed by atoms with Crippen LogP contribution < -0.4 is 5.32 Å². The fourth-order valence-corrected chi connectivity index (χ4v) is 2.95. The van der Waals surface area contributed by atoms with Crippen LogP contribution in [0.1, 0.15) is 25.7 Å². The molecule has 4 rings (SSSR count). The maximum absolute atomic E-state index is 4.59. The van der Waals surface area contributed by atoms with E-state index in [9.17, 15) is 0 Å². The molecular formula is C16H17N5. The molecule has 2 aromatic heterocycles. The molecule has 106 valence electrons. The summed E-state index contributed by atoms with van der Waals surface area (Å²) >= 11 is 0. The Labute approximate surface area is 123 Å². The van der Waals surface area contributed by atoms with Crippen molar-refractivity contribution in [3.05, 3.63) is 42.7 Å². The maximum atomic E-state index is 4.59. The van der Waals surface area contributed by atoms with Gasteiger partial charge in [-0.05, 0) is 12.8 Å². The van der Waals surface area contributed by atoms with Crippen molar-refractivity contribution in [3.8, 4) is 11.3 Å². The Morgan fingerprint density at radius 1 is 1.10 bits per heavy atom. The van der Waals surface area contributed by atoms with E-state index in [4.69, 9.17) is 0 Å². The van der Waals surface area contributed by atoms with Crippen molar-refractivity contribution >= 4 is 11.6 Å². The number of hydrogen-bond acceptors (Lipinski definition) is 4. The molecule has 0 bridgehead atoms. The van der Waals surface area contributed by atoms with Gasteiger partial charge < -0.3 is 5.32 Å². The lowest BCUT2D eigenvalue weighted by Crippen LogP contribution is -2.17. The van der Waals surface area contributed by atoms with E-state index in [1.807, 2.05) is 18.2 Å². The molecule has 0 amide bonds. The number of nitrogens with one attached hydrogen (secondary N) is 1. The normalized spacial score (nSPS) is 15.6. The molecule has 1 fully saturated rings. The molecule has 0 saturated heterocycles. The standard InChI is InChI=1S/C16H17N5/c1-2-6-12(7-3-1)14-10-15(19-13-8-4-5-9-13)21-16(20-14)17-11-18-21/h1-3,6-7,10-11,13,19H,4-5,8-9H2. The third-order valence-electron chi connectivity index (χ3n) is 4.03. The summed E-state index contributed by atoms with van der Waals surface area (Å²) in [6.45, 7) is 0. The van der Waals surface area contributed by atoms with E-state index in [-0.39, 0.29) is 0 Å². The maximum Gasteiger partial charge on any atom is 0.254 e. The summed E-state index contributed by atoms with van der Waals surface area (Å²) in [6, 6.07) is 12.8. The summed E-state index contributed by atoms with van der Waals surface area (Å²) in [4.78, 5) is 8.83. The van der Waals surface area contributed by atoms with E-state index in [1.165, 1.54) is 25.7 Å². The average Bonchev–Trinajstić information content (AvgIpc) is 3.19. The molecule has 5 nitrogen and oxygen atoms in total. The monoisotopic (exact) mass is 279 g/mol. The van der Waals surface area contributed by atoms with Crippen molar-refractivity contribution < 1.29 is 0 Å². The van der Waals surface area contributed by atoms with Gasteiger partial charge in [0.25, 0.3) is 5.78 Å². The van der Waals surface area contributed by atoms with Crippen molar-refractivity contribution in [2.45, 2.75) is 31.7 Å². The molecule has 2 heterocycles. The van der Waals surface area contributed by atoms with E-state index in [0.29, 0.717) is 11.8 Å². The molecule has 0 spiro atoms. The van der Waals surface area contributed by atoms with E-state index in [1.54, 1.807) is 10.8 Å². The molecule has 0 atom stereocenters. The lowest BCUT2D eigenvalue weighted by Gasteiger charge is -2.15. The van der Waals surface area contributed by atoms with Gasteiger partial charge in [-0.25, -0.2) is 4.98 Å². The number of fused-ring (bicyclic) bond motifs is 1. The van der Waals surface area contributed by atoms with Gasteiger partial charge in [0, 0.05) is 17.7 Å². The molecule has 1 aliphatic rings. The van der Waals surface area contributed by atoms with Crippen LogP contribution in [0.3, 0.4) is 0 Å². The Bertz CT molecular complexity index is 744. The summed E-state index contributed by atoms with van der Waals surface area (Å²) in [5.74, 6) is 1.61. The van der Waals surface area contributed by atoms with Crippen LogP contribution in [0.15, 0.2) is 42.7 Å². The second-order valence-electron chi connectivity index (χ2n) is 5.49. The quantitative estimate of drug-likeness (QED) is 0.800. The lowest BCUT2D eigenvalue weighted by atomic mass is 10.1. The van der Waals surface area contributed by atoms with Gasteiger partial charge in [0.1, 0.15) is 12.1 Å². The van der Waals surface area contributed by atoms with E-state index in [0.717, 1.165) is 17.1 Å². The summed E-state index contributed by atoms with van der Waals surface area (Å²) in [5, 5.41) is 7.88. The highest BCUT2D eigenvalue weighted by molar-refractivity contribution is 5.65. The van der Waals surface area contributed by atoms with Crippen LogP contribution in [0.2, 0.25) is 0 Å². The van der Waals surface area contributed by atoms with Gasteiger partial charge in [0.2, 0.25) is 0 Å². The topological polar surface area (TPSA) is 55.1 Å². The highest BCUT2D eigenvalue weighted by atomic mass is 15.4. The number of nitrogens with zero attached hydrogens (tertiary/aromatic N) is 4. The van der Waals surface area contributed by atoms with Crippen LogP contribution in [-0.2, 0) is 0 Å². The molecule has 3 aromatic rings. The fraction of sp³-hybridized carbons (Fsp3) is 0.312. The molecule has 1 aromatic carbocycles. The number of anilines is 1. The smallest absolute Gasteiger partial charge is 0.254 e. The molecule has 0 unspecified atom stereocenters. The van der Waals surface area contributed by atoms with Gasteiger partial charge in [-0.1, -0.05) is 43.2 Å². The molecule has 1 saturated carbocycles. The Morgan fingerprint density at radius 3 is 2.71 bits per heavy atom. The van der Waals surface area contributed by atoms with Crippen molar-refractivity contribution in [2.75, 3.05) is 5.32 Å². The van der Waals surface area contributed by atoms with Gasteiger partial charge in [0.15, 0.2) is 0 Å². The predicted octanol–water partition coefficient (Wildman–Crippen LogP) is 3.15. The minimum Gasteiger partial charge on any atom is -0.367 e. The van der Waals surface area contributed by atoms with Crippen molar-refractivity contribution in [3.63, 3.8) is 0 Å². The first kappa shape index (κ1) is 12.3. The lowest BCUT2D eigenvalue weighted by molar-refractivity contribution is 0.740. The third kappa shape index (κ3) is 2.35. The van der Waals surface area contributed by atoms with Crippen LogP contribution in [0.25, 0.3) is 17.0 Å². The van der Waals surface area contributed by atoms with Gasteiger partial charge in [0.05, 0.1) is 5.69 Å². The number of benzene rings is 1. The number of aromatic nitrogens is 4. The Morgan fingerprint density at radius 2 is 1.90 bits per heavy atom. The second-order valence-corrected chi connectivity index (χ2v) is 5.49. The largest absolute Gasteiger partial charge is 0.367 e. The van der Waals surface area contributed by atoms with Crippen molar-refractivity contribution in [1.82, 2.24) is 19.6 Å². The minimum atomic E-state index is 0.531. The number of hydrogen-bond donors (Lipinski definition) is 1. The van der Waals surface area contributed by atoms with Crippen LogP contribution in [0.5, 0.6) is 0 Å². The first-order valence-corrected chi connectivity index (χ1v) is 7.43. The molecule has 21 heavy (non-hydrogen) atoms. The summed E-state index contributed by atoms with van der Waals surface area (Å²) < 4.78 is 1.78. The first-order valence-electron chi connectivity index (χ1n) is 7.43. The van der Waals surface area contributed by atoms with E-state index >= 15 is 0 Å². The molecule has 1 aliphatic carbocycles. The predicted molar refractivity (Wildman–Crippen MR) is 82.1 cm³/mol. The third-order valence-corrected chi connectivity index (χ3v) is 4.03. The van der Waals surface area contributed by atoms with Crippen LogP contribution in [0, 0.1) is 0 Å². The van der Waals surface area contributed by atoms with E-state index < -0.39 is 0 Å². The molecule has 0 aliphatic heterocycles. The van der Waals surface area contributed by atoms with Crippen LogP contribution >= 0.6 is 0 Å². The molecule has 1 N–H and O–H groups in total. The van der Waals surface area contributed by atoms with Gasteiger partial charge in [-0.3, -0.25) is 0 Å². The van der Waals surface area contributed by atoms with Crippen LogP contribution in [0.4, 0.5) is 5.82 Å². The highest BCUT2D eigenvalue weighted by Gasteiger charge is 2.17. The zero-order chi connectivity index (χ0) is 14.1. The Balaban J connectivity index is 1.78. The van der Waals surface area contributed by atoms with Gasteiger partial charge in [-0.2, -0.15) is 14.6 Å². The minimum absolute atomic E-state index is 0.531. The Kier molecular flexibility index (Phi) is 3.03. The summed E-state index contributed by atoms with van der Waals surface area (Å²) in [6.07, 6.45) is 6.60. The second kappa shape index (κ2) is 5.16. The summed E-state index contributed by atoms with van der Waals surface area (Å²) in [7, 11) is 0. The molecule has 5 heteroatoms. The first-order chi connectivity index (χ1) is 10.4. The van der Waals surface area contributed by atoms with Crippen molar-refractivity contribution in [1.29, 1.82) is 0 Å². The fourth-order valence-electron chi connectivity index (χ4n) is 2.95. The molecule has 0 radical (unpaired) electrons.